The van der Waals surface area contributed by atoms with Gasteiger partial charge in [-0.2, -0.15) is 4.31 Å². The second-order valence-corrected chi connectivity index (χ2v) is 9.65. The van der Waals surface area contributed by atoms with Gasteiger partial charge >= 0.3 is 0 Å². The van der Waals surface area contributed by atoms with Gasteiger partial charge in [-0.3, -0.25) is 4.90 Å². The monoisotopic (exact) mass is 416 g/mol. The molecule has 0 aromatic heterocycles. The lowest BCUT2D eigenvalue weighted by atomic mass is 9.77. The van der Waals surface area contributed by atoms with Crippen molar-refractivity contribution in [3.63, 3.8) is 0 Å². The lowest BCUT2D eigenvalue weighted by Gasteiger charge is -2.51. The standard InChI is InChI=1S/C19H28N2O4S.ClH/c1-24-17-7-6-13-8-10-20-12-14-5-4-9-21(26(3,22)23)15(14)11-16(20)18(13)19(17)25-2;/h6-7,14-16H,4-5,8-12H2,1-3H3;1H/t14-,15+,16+;/m1./s1. The van der Waals surface area contributed by atoms with Gasteiger partial charge in [-0.05, 0) is 43.2 Å². The van der Waals surface area contributed by atoms with Crippen LogP contribution in [0.3, 0.4) is 0 Å². The van der Waals surface area contributed by atoms with Crippen molar-refractivity contribution in [2.24, 2.45) is 5.92 Å². The second kappa shape index (κ2) is 7.78. The van der Waals surface area contributed by atoms with E-state index in [1.54, 1.807) is 18.5 Å². The molecule has 0 saturated carbocycles. The van der Waals surface area contributed by atoms with Crippen molar-refractivity contribution < 1.29 is 17.9 Å². The first kappa shape index (κ1) is 20.7. The highest BCUT2D eigenvalue weighted by atomic mass is 35.5. The Morgan fingerprint density at radius 2 is 1.93 bits per heavy atom. The van der Waals surface area contributed by atoms with E-state index < -0.39 is 10.0 Å². The zero-order valence-corrected chi connectivity index (χ0v) is 17.8. The third-order valence-electron chi connectivity index (χ3n) is 6.34. The highest BCUT2D eigenvalue weighted by Crippen LogP contribution is 2.48. The molecule has 0 N–H and O–H groups in total. The molecule has 3 aliphatic heterocycles. The summed E-state index contributed by atoms with van der Waals surface area (Å²) in [6.07, 6.45) is 5.25. The molecule has 8 heteroatoms. The molecule has 3 aliphatic rings. The van der Waals surface area contributed by atoms with Gasteiger partial charge in [0.05, 0.1) is 20.5 Å². The SMILES string of the molecule is COc1ccc2c(c1OC)[C@@H]1C[C@H]3[C@H](CCCN3S(C)(=O)=O)CN1CC2.Cl. The van der Waals surface area contributed by atoms with Crippen molar-refractivity contribution >= 4 is 22.4 Å². The highest BCUT2D eigenvalue weighted by Gasteiger charge is 2.46. The topological polar surface area (TPSA) is 59.1 Å². The van der Waals surface area contributed by atoms with Gasteiger partial charge in [-0.25, -0.2) is 8.42 Å². The van der Waals surface area contributed by atoms with E-state index in [9.17, 15) is 8.42 Å². The van der Waals surface area contributed by atoms with Gasteiger partial charge in [0.15, 0.2) is 11.5 Å². The van der Waals surface area contributed by atoms with Crippen LogP contribution in [0.2, 0.25) is 0 Å². The lowest BCUT2D eigenvalue weighted by molar-refractivity contribution is 0.0211. The van der Waals surface area contributed by atoms with E-state index in [4.69, 9.17) is 9.47 Å². The van der Waals surface area contributed by atoms with Crippen LogP contribution in [0.1, 0.15) is 36.4 Å². The Labute approximate surface area is 168 Å². The van der Waals surface area contributed by atoms with Gasteiger partial charge in [0.25, 0.3) is 0 Å². The van der Waals surface area contributed by atoms with Crippen molar-refractivity contribution in [1.29, 1.82) is 0 Å². The fraction of sp³-hybridized carbons (Fsp3) is 0.684. The molecule has 152 valence electrons. The zero-order valence-electron chi connectivity index (χ0n) is 16.2. The van der Waals surface area contributed by atoms with Gasteiger partial charge in [0.1, 0.15) is 0 Å². The summed E-state index contributed by atoms with van der Waals surface area (Å²) >= 11 is 0. The summed E-state index contributed by atoms with van der Waals surface area (Å²) in [6.45, 7) is 2.63. The molecule has 6 nitrogen and oxygen atoms in total. The van der Waals surface area contributed by atoms with Crippen molar-refractivity contribution in [2.75, 3.05) is 40.1 Å². The highest BCUT2D eigenvalue weighted by molar-refractivity contribution is 7.88. The molecule has 0 spiro atoms. The number of halogens is 1. The summed E-state index contributed by atoms with van der Waals surface area (Å²) in [5.41, 5.74) is 2.49. The number of ether oxygens (including phenoxy) is 2. The Kier molecular flexibility index (Phi) is 5.96. The van der Waals surface area contributed by atoms with E-state index in [1.807, 2.05) is 6.07 Å². The first-order valence-corrected chi connectivity index (χ1v) is 11.2. The molecule has 0 radical (unpaired) electrons. The number of benzene rings is 1. The molecule has 27 heavy (non-hydrogen) atoms. The largest absolute Gasteiger partial charge is 0.493 e. The van der Waals surface area contributed by atoms with Crippen LogP contribution in [-0.2, 0) is 16.4 Å². The van der Waals surface area contributed by atoms with Crippen molar-refractivity contribution in [3.05, 3.63) is 23.3 Å². The van der Waals surface area contributed by atoms with E-state index in [1.165, 1.54) is 17.4 Å². The Morgan fingerprint density at radius 1 is 1.15 bits per heavy atom. The predicted octanol–water partition coefficient (Wildman–Crippen LogP) is 2.47. The van der Waals surface area contributed by atoms with Gasteiger partial charge in [-0.15, -0.1) is 12.4 Å². The number of nitrogens with zero attached hydrogens (tertiary/aromatic N) is 2. The molecule has 3 heterocycles. The normalized spacial score (nSPS) is 28.3. The van der Waals surface area contributed by atoms with Crippen LogP contribution in [0.15, 0.2) is 12.1 Å². The molecular weight excluding hydrogens is 388 g/mol. The van der Waals surface area contributed by atoms with Crippen LogP contribution in [0, 0.1) is 5.92 Å². The van der Waals surface area contributed by atoms with Gasteiger partial charge < -0.3 is 9.47 Å². The maximum absolute atomic E-state index is 12.3. The smallest absolute Gasteiger partial charge is 0.211 e. The summed E-state index contributed by atoms with van der Waals surface area (Å²) in [6, 6.07) is 4.38. The lowest BCUT2D eigenvalue weighted by Crippen LogP contribution is -2.57. The molecule has 4 rings (SSSR count). The average molecular weight is 417 g/mol. The van der Waals surface area contributed by atoms with Crippen molar-refractivity contribution in [2.45, 2.75) is 37.8 Å². The summed E-state index contributed by atoms with van der Waals surface area (Å²) in [5, 5.41) is 0. The third-order valence-corrected chi connectivity index (χ3v) is 7.65. The van der Waals surface area contributed by atoms with Crippen LogP contribution < -0.4 is 9.47 Å². The Bertz CT molecular complexity index is 801. The predicted molar refractivity (Wildman–Crippen MR) is 107 cm³/mol. The number of sulfonamides is 1. The summed E-state index contributed by atoms with van der Waals surface area (Å²) in [5.74, 6) is 1.98. The van der Waals surface area contributed by atoms with Gasteiger partial charge in [0.2, 0.25) is 10.0 Å². The van der Waals surface area contributed by atoms with Crippen molar-refractivity contribution in [3.8, 4) is 11.5 Å². The Balaban J connectivity index is 0.00000210. The fourth-order valence-electron chi connectivity index (χ4n) is 5.23. The van der Waals surface area contributed by atoms with E-state index in [2.05, 4.69) is 11.0 Å². The number of hydrogen-bond donors (Lipinski definition) is 0. The van der Waals surface area contributed by atoms with Crippen LogP contribution in [0.4, 0.5) is 0 Å². The molecule has 1 aromatic rings. The number of fused-ring (bicyclic) bond motifs is 4. The fourth-order valence-corrected chi connectivity index (χ4v) is 6.44. The molecule has 0 unspecified atom stereocenters. The first-order valence-electron chi connectivity index (χ1n) is 9.38. The molecule has 0 aliphatic carbocycles. The van der Waals surface area contributed by atoms with Crippen LogP contribution in [-0.4, -0.2) is 63.8 Å². The molecule has 3 atom stereocenters. The Morgan fingerprint density at radius 3 is 2.59 bits per heavy atom. The zero-order chi connectivity index (χ0) is 18.5. The number of methoxy groups -OCH3 is 2. The van der Waals surface area contributed by atoms with E-state index in [0.717, 1.165) is 50.3 Å². The number of rotatable bonds is 3. The maximum atomic E-state index is 12.3. The molecule has 1 aromatic carbocycles. The maximum Gasteiger partial charge on any atom is 0.211 e. The Hall–Kier alpha value is -1.02. The minimum atomic E-state index is -3.18. The molecule has 0 bridgehead atoms. The minimum absolute atomic E-state index is 0. The minimum Gasteiger partial charge on any atom is -0.493 e. The number of hydrogen-bond acceptors (Lipinski definition) is 5. The van der Waals surface area contributed by atoms with Gasteiger partial charge in [-0.1, -0.05) is 6.07 Å². The van der Waals surface area contributed by atoms with E-state index in [0.29, 0.717) is 12.5 Å². The molecule has 2 saturated heterocycles. The summed E-state index contributed by atoms with van der Waals surface area (Å²) in [4.78, 5) is 2.53. The number of piperidine rings is 2. The third kappa shape index (κ3) is 3.55. The van der Waals surface area contributed by atoms with E-state index in [-0.39, 0.29) is 24.5 Å². The van der Waals surface area contributed by atoms with Crippen LogP contribution in [0.25, 0.3) is 0 Å². The average Bonchev–Trinajstić information content (AvgIpc) is 2.63. The van der Waals surface area contributed by atoms with Crippen LogP contribution in [0.5, 0.6) is 11.5 Å². The summed E-state index contributed by atoms with van der Waals surface area (Å²) < 4.78 is 37.7. The molecule has 0 amide bonds. The van der Waals surface area contributed by atoms with Crippen molar-refractivity contribution in [1.82, 2.24) is 9.21 Å². The quantitative estimate of drug-likeness (QED) is 0.757. The first-order chi connectivity index (χ1) is 12.4. The molecule has 2 fully saturated rings. The summed E-state index contributed by atoms with van der Waals surface area (Å²) in [7, 11) is 0.167. The van der Waals surface area contributed by atoms with Gasteiger partial charge in [0, 0.05) is 37.3 Å². The second-order valence-electron chi connectivity index (χ2n) is 7.71. The van der Waals surface area contributed by atoms with E-state index >= 15 is 0 Å². The van der Waals surface area contributed by atoms with Crippen LogP contribution >= 0.6 is 12.4 Å². The molecular formula is C19H29ClN2O4S.